The molecule has 1 heterocycles. The molecule has 1 atom stereocenters. The number of nitrogens with zero attached hydrogens (tertiary/aromatic N) is 3. The first-order valence-corrected chi connectivity index (χ1v) is 2.93. The lowest BCUT2D eigenvalue weighted by molar-refractivity contribution is 0.509. The molecule has 0 bridgehead atoms. The van der Waals surface area contributed by atoms with Crippen molar-refractivity contribution in [2.75, 3.05) is 13.6 Å². The van der Waals surface area contributed by atoms with Crippen LogP contribution in [0.2, 0.25) is 0 Å². The number of rotatable bonds is 1. The highest BCUT2D eigenvalue weighted by Crippen LogP contribution is 2.03. The summed E-state index contributed by atoms with van der Waals surface area (Å²) in [6.07, 6.45) is 2.32. The molecule has 0 aromatic heterocycles. The summed E-state index contributed by atoms with van der Waals surface area (Å²) < 4.78 is 0. The maximum atomic E-state index is 8.27. The van der Waals surface area contributed by atoms with E-state index in [0.717, 1.165) is 6.54 Å². The number of likely N-dealkylation sites (N-methyl/N-ethyl adjacent to an activating group) is 1. The molecular formula is C6H9N3. The van der Waals surface area contributed by atoms with Crippen LogP contribution in [0.1, 0.15) is 6.42 Å². The maximum Gasteiger partial charge on any atom is 0.0852 e. The van der Waals surface area contributed by atoms with Gasteiger partial charge in [-0.25, -0.2) is 0 Å². The predicted molar refractivity (Wildman–Crippen MR) is 35.1 cm³/mol. The molecule has 1 aliphatic heterocycles. The van der Waals surface area contributed by atoms with Gasteiger partial charge in [-0.3, -0.25) is 4.99 Å². The van der Waals surface area contributed by atoms with E-state index in [1.807, 2.05) is 11.9 Å². The van der Waals surface area contributed by atoms with Gasteiger partial charge in [0.1, 0.15) is 0 Å². The standard InChI is InChI=1S/C6H9N3/c1-9-4-6(2-3-7)8-5-9/h5-6H,2,4H2,1H3. The summed E-state index contributed by atoms with van der Waals surface area (Å²) in [4.78, 5) is 6.07. The molecule has 0 saturated heterocycles. The Bertz CT molecular complexity index is 156. The summed E-state index contributed by atoms with van der Waals surface area (Å²) in [5.74, 6) is 0. The van der Waals surface area contributed by atoms with Crippen LogP contribution in [0.4, 0.5) is 0 Å². The Morgan fingerprint density at radius 2 is 2.78 bits per heavy atom. The molecule has 1 aliphatic rings. The largest absolute Gasteiger partial charge is 0.364 e. The Labute approximate surface area is 54.6 Å². The molecule has 0 radical (unpaired) electrons. The smallest absolute Gasteiger partial charge is 0.0852 e. The van der Waals surface area contributed by atoms with Crippen molar-refractivity contribution < 1.29 is 0 Å². The van der Waals surface area contributed by atoms with E-state index in [-0.39, 0.29) is 6.04 Å². The summed E-state index contributed by atoms with van der Waals surface area (Å²) in [5.41, 5.74) is 0. The van der Waals surface area contributed by atoms with Crippen molar-refractivity contribution >= 4 is 6.34 Å². The molecule has 1 rings (SSSR count). The molecule has 0 N–H and O–H groups in total. The van der Waals surface area contributed by atoms with Gasteiger partial charge in [0, 0.05) is 13.6 Å². The molecule has 0 saturated carbocycles. The summed E-state index contributed by atoms with van der Waals surface area (Å²) >= 11 is 0. The molecule has 0 fully saturated rings. The molecule has 1 unspecified atom stereocenters. The van der Waals surface area contributed by atoms with Gasteiger partial charge in [-0.2, -0.15) is 5.26 Å². The van der Waals surface area contributed by atoms with Gasteiger partial charge in [0.15, 0.2) is 0 Å². The zero-order valence-electron chi connectivity index (χ0n) is 5.41. The Morgan fingerprint density at radius 1 is 2.00 bits per heavy atom. The number of hydrogen-bond donors (Lipinski definition) is 0. The number of aliphatic imine (C=N–C) groups is 1. The molecular weight excluding hydrogens is 114 g/mol. The first-order valence-electron chi connectivity index (χ1n) is 2.93. The predicted octanol–water partition coefficient (Wildman–Crippen LogP) is 0.242. The normalized spacial score (nSPS) is 24.4. The molecule has 0 amide bonds. The lowest BCUT2D eigenvalue weighted by Crippen LogP contribution is -2.17. The van der Waals surface area contributed by atoms with Crippen LogP contribution in [0.25, 0.3) is 0 Å². The van der Waals surface area contributed by atoms with E-state index in [9.17, 15) is 0 Å². The molecule has 0 aliphatic carbocycles. The second-order valence-electron chi connectivity index (χ2n) is 2.22. The van der Waals surface area contributed by atoms with Gasteiger partial charge in [0.2, 0.25) is 0 Å². The van der Waals surface area contributed by atoms with Gasteiger partial charge in [-0.1, -0.05) is 0 Å². The molecule has 0 spiro atoms. The summed E-state index contributed by atoms with van der Waals surface area (Å²) in [6, 6.07) is 2.31. The van der Waals surface area contributed by atoms with Gasteiger partial charge < -0.3 is 4.90 Å². The quantitative estimate of drug-likeness (QED) is 0.501. The Balaban J connectivity index is 2.34. The SMILES string of the molecule is CN1C=NC(CC#N)C1. The zero-order chi connectivity index (χ0) is 6.69. The fourth-order valence-corrected chi connectivity index (χ4v) is 0.857. The van der Waals surface area contributed by atoms with E-state index < -0.39 is 0 Å². The van der Waals surface area contributed by atoms with Crippen LogP contribution < -0.4 is 0 Å². The van der Waals surface area contributed by atoms with Crippen molar-refractivity contribution in [1.29, 1.82) is 5.26 Å². The lowest BCUT2D eigenvalue weighted by atomic mass is 10.2. The van der Waals surface area contributed by atoms with E-state index in [0.29, 0.717) is 6.42 Å². The van der Waals surface area contributed by atoms with E-state index >= 15 is 0 Å². The van der Waals surface area contributed by atoms with Gasteiger partial charge in [0.05, 0.1) is 24.9 Å². The monoisotopic (exact) mass is 123 g/mol. The highest BCUT2D eigenvalue weighted by Gasteiger charge is 2.12. The number of hydrogen-bond acceptors (Lipinski definition) is 3. The molecule has 0 aromatic rings. The van der Waals surface area contributed by atoms with Crippen molar-refractivity contribution in [3.8, 4) is 6.07 Å². The van der Waals surface area contributed by atoms with Crippen LogP contribution in [0, 0.1) is 11.3 Å². The lowest BCUT2D eigenvalue weighted by Gasteiger charge is -2.05. The van der Waals surface area contributed by atoms with Crippen LogP contribution in [-0.2, 0) is 0 Å². The minimum Gasteiger partial charge on any atom is -0.364 e. The van der Waals surface area contributed by atoms with Crippen molar-refractivity contribution in [2.45, 2.75) is 12.5 Å². The van der Waals surface area contributed by atoms with Crippen molar-refractivity contribution in [1.82, 2.24) is 4.90 Å². The first kappa shape index (κ1) is 6.09. The Kier molecular flexibility index (Phi) is 1.69. The zero-order valence-corrected chi connectivity index (χ0v) is 5.41. The third kappa shape index (κ3) is 1.43. The third-order valence-corrected chi connectivity index (χ3v) is 1.30. The van der Waals surface area contributed by atoms with Crippen molar-refractivity contribution in [3.05, 3.63) is 0 Å². The third-order valence-electron chi connectivity index (χ3n) is 1.30. The Hall–Kier alpha value is -1.04. The van der Waals surface area contributed by atoms with Crippen LogP contribution in [0.3, 0.4) is 0 Å². The second-order valence-corrected chi connectivity index (χ2v) is 2.22. The summed E-state index contributed by atoms with van der Waals surface area (Å²) in [5, 5.41) is 8.27. The molecule has 48 valence electrons. The van der Waals surface area contributed by atoms with E-state index in [1.54, 1.807) is 6.34 Å². The van der Waals surface area contributed by atoms with E-state index in [4.69, 9.17) is 5.26 Å². The van der Waals surface area contributed by atoms with E-state index in [1.165, 1.54) is 0 Å². The van der Waals surface area contributed by atoms with E-state index in [2.05, 4.69) is 11.1 Å². The molecule has 0 aromatic carbocycles. The maximum absolute atomic E-state index is 8.27. The van der Waals surface area contributed by atoms with Crippen LogP contribution >= 0.6 is 0 Å². The van der Waals surface area contributed by atoms with Gasteiger partial charge in [-0.05, 0) is 0 Å². The van der Waals surface area contributed by atoms with Crippen molar-refractivity contribution in [3.63, 3.8) is 0 Å². The van der Waals surface area contributed by atoms with Crippen LogP contribution in [-0.4, -0.2) is 30.9 Å². The average molecular weight is 123 g/mol. The second kappa shape index (κ2) is 2.49. The highest BCUT2D eigenvalue weighted by molar-refractivity contribution is 5.57. The first-order chi connectivity index (χ1) is 4.33. The fraction of sp³-hybridized carbons (Fsp3) is 0.667. The van der Waals surface area contributed by atoms with Crippen LogP contribution in [0.15, 0.2) is 4.99 Å². The molecule has 9 heavy (non-hydrogen) atoms. The topological polar surface area (TPSA) is 39.4 Å². The molecule has 3 nitrogen and oxygen atoms in total. The summed E-state index contributed by atoms with van der Waals surface area (Å²) in [7, 11) is 1.96. The van der Waals surface area contributed by atoms with Gasteiger partial charge >= 0.3 is 0 Å². The Morgan fingerprint density at radius 3 is 3.22 bits per heavy atom. The summed E-state index contributed by atoms with van der Waals surface area (Å²) in [6.45, 7) is 0.896. The van der Waals surface area contributed by atoms with Crippen LogP contribution in [0.5, 0.6) is 0 Å². The van der Waals surface area contributed by atoms with Gasteiger partial charge in [-0.15, -0.1) is 0 Å². The minimum absolute atomic E-state index is 0.222. The minimum atomic E-state index is 0.222. The highest BCUT2D eigenvalue weighted by atomic mass is 15.2. The molecule has 3 heteroatoms. The van der Waals surface area contributed by atoms with Gasteiger partial charge in [0.25, 0.3) is 0 Å². The van der Waals surface area contributed by atoms with Crippen molar-refractivity contribution in [2.24, 2.45) is 4.99 Å². The fourth-order valence-electron chi connectivity index (χ4n) is 0.857. The average Bonchev–Trinajstić information content (AvgIpc) is 2.17. The number of nitriles is 1.